The van der Waals surface area contributed by atoms with Gasteiger partial charge in [-0.25, -0.2) is 9.37 Å². The minimum atomic E-state index is -1.02. The predicted octanol–water partition coefficient (Wildman–Crippen LogP) is 11.7. The van der Waals surface area contributed by atoms with Crippen molar-refractivity contribution in [2.45, 2.75) is 192 Å². The summed E-state index contributed by atoms with van der Waals surface area (Å²) in [6.07, 6.45) is 0. The van der Waals surface area contributed by atoms with Gasteiger partial charge in [0.25, 0.3) is 6.47 Å². The molecule has 5 aliphatic rings. The molecule has 0 atom stereocenters. The van der Waals surface area contributed by atoms with Crippen LogP contribution in [0.2, 0.25) is 0 Å². The van der Waals surface area contributed by atoms with Gasteiger partial charge in [0, 0.05) is 82.5 Å². The summed E-state index contributed by atoms with van der Waals surface area (Å²) in [6, 6.07) is 5.39. The summed E-state index contributed by atoms with van der Waals surface area (Å²) in [7, 11) is 0. The van der Waals surface area contributed by atoms with Crippen molar-refractivity contribution < 1.29 is 24.2 Å². The Kier molecular flexibility index (Phi) is 9.12. The fourth-order valence-electron chi connectivity index (χ4n) is 13.6. The number of hydrogen-bond acceptors (Lipinski definition) is 5. The van der Waals surface area contributed by atoms with Gasteiger partial charge in [-0.05, 0) is 126 Å². The summed E-state index contributed by atoms with van der Waals surface area (Å²) in [5.74, 6) is 0.593. The molecule has 0 bridgehead atoms. The topological polar surface area (TPSA) is 79.1 Å². The van der Waals surface area contributed by atoms with Crippen LogP contribution < -0.4 is 24.8 Å². The molecule has 8 rings (SSSR count). The molecule has 5 heterocycles. The number of fused-ring (bicyclic) bond motifs is 4. The first kappa shape index (κ1) is 44.9. The summed E-state index contributed by atoms with van der Waals surface area (Å²) >= 11 is 0. The number of carboxylic acid groups (broad SMARTS) is 1. The lowest BCUT2D eigenvalue weighted by Gasteiger charge is -2.68. The first-order valence-electron chi connectivity index (χ1n) is 23.0. The third kappa shape index (κ3) is 4.95. The minimum Gasteiger partial charge on any atom is -0.478 e. The number of benzene rings is 3. The second-order valence-electron chi connectivity index (χ2n) is 23.8. The maximum Gasteiger partial charge on any atom is 0.336 e. The van der Waals surface area contributed by atoms with E-state index in [0.29, 0.717) is 17.6 Å². The molecule has 3 aromatic rings. The van der Waals surface area contributed by atoms with E-state index in [0.717, 1.165) is 50.1 Å². The van der Waals surface area contributed by atoms with Crippen LogP contribution in [0.4, 0.5) is 5.69 Å². The molecule has 0 amide bonds. The number of carbonyl (C=O) groups excluding carboxylic acids is 1. The molecule has 0 spiro atoms. The van der Waals surface area contributed by atoms with E-state index < -0.39 is 16.8 Å². The van der Waals surface area contributed by atoms with Crippen molar-refractivity contribution >= 4 is 34.8 Å². The van der Waals surface area contributed by atoms with E-state index in [1.54, 1.807) is 12.1 Å². The number of aromatic carboxylic acids is 1. The van der Waals surface area contributed by atoms with Crippen LogP contribution in [0, 0.1) is 24.7 Å². The lowest BCUT2D eigenvalue weighted by molar-refractivity contribution is -0.129. The van der Waals surface area contributed by atoms with Crippen LogP contribution in [-0.4, -0.2) is 39.7 Å². The predicted molar refractivity (Wildman–Crippen MR) is 258 cm³/mol. The Morgan fingerprint density at radius 2 is 1.30 bits per heavy atom. The van der Waals surface area contributed by atoms with Crippen molar-refractivity contribution in [1.82, 2.24) is 4.58 Å². The van der Waals surface area contributed by atoms with Crippen LogP contribution in [-0.2, 0) is 27.0 Å². The van der Waals surface area contributed by atoms with Crippen molar-refractivity contribution in [2.75, 3.05) is 4.90 Å². The molecule has 0 aliphatic carbocycles. The van der Waals surface area contributed by atoms with E-state index in [9.17, 15) is 14.7 Å². The molecule has 0 saturated heterocycles. The zero-order chi connectivity index (χ0) is 47.2. The van der Waals surface area contributed by atoms with E-state index >= 15 is 0 Å². The third-order valence-electron chi connectivity index (χ3n) is 19.8. The van der Waals surface area contributed by atoms with Gasteiger partial charge in [-0.15, -0.1) is 0 Å². The van der Waals surface area contributed by atoms with Crippen molar-refractivity contribution in [1.29, 1.82) is 0 Å². The Hall–Kier alpha value is -4.65. The van der Waals surface area contributed by atoms with Gasteiger partial charge in [0.2, 0.25) is 5.36 Å². The summed E-state index contributed by atoms with van der Waals surface area (Å²) in [5, 5.41) is 13.3. The molecule has 63 heavy (non-hydrogen) atoms. The van der Waals surface area contributed by atoms with E-state index in [2.05, 4.69) is 162 Å². The van der Waals surface area contributed by atoms with Crippen molar-refractivity contribution in [2.24, 2.45) is 10.8 Å². The molecular weight excluding hydrogens is 781 g/mol. The van der Waals surface area contributed by atoms with Gasteiger partial charge in [0.1, 0.15) is 18.1 Å². The summed E-state index contributed by atoms with van der Waals surface area (Å²) in [4.78, 5) is 28.0. The van der Waals surface area contributed by atoms with Crippen LogP contribution in [0.25, 0.3) is 16.7 Å². The fourth-order valence-corrected chi connectivity index (χ4v) is 13.6. The number of rotatable bonds is 5. The Morgan fingerprint density at radius 3 is 1.87 bits per heavy atom. The zero-order valence-electron chi connectivity index (χ0n) is 42.5. The Bertz CT molecular complexity index is 2870. The number of anilines is 1. The van der Waals surface area contributed by atoms with Crippen LogP contribution in [0.5, 0.6) is 11.5 Å². The van der Waals surface area contributed by atoms with E-state index in [1.165, 1.54) is 44.5 Å². The SMILES string of the molecule is CC1=C(C)C(C)(C)N2c3c1c(C)c1c(c3C(C)(C)C(C)(C)C2(C)C)Oc2c3c4c(c(C)c2=C1c1cc(COC=O)ccc1C(=O)O)C(C)=C(C)C(C)(C)[N+]=4C(C)(C)C(C)(C)C3(C)C. The summed E-state index contributed by atoms with van der Waals surface area (Å²) < 4.78 is 16.1. The number of allylic oxidation sites excluding steroid dienone is 2. The molecule has 336 valence electrons. The van der Waals surface area contributed by atoms with Gasteiger partial charge in [-0.3, -0.25) is 4.79 Å². The van der Waals surface area contributed by atoms with Crippen LogP contribution in [0.1, 0.15) is 199 Å². The highest BCUT2D eigenvalue weighted by Gasteiger charge is 2.66. The molecule has 7 nitrogen and oxygen atoms in total. The molecule has 5 aliphatic heterocycles. The summed E-state index contributed by atoms with van der Waals surface area (Å²) in [5.41, 5.74) is 13.7. The number of hydrogen-bond donors (Lipinski definition) is 1. The molecule has 3 aromatic carbocycles. The Morgan fingerprint density at radius 1 is 0.730 bits per heavy atom. The fraction of sp³-hybridized carbons (Fsp3) is 0.554. The van der Waals surface area contributed by atoms with Gasteiger partial charge >= 0.3 is 5.97 Å². The van der Waals surface area contributed by atoms with E-state index in [1.807, 2.05) is 6.07 Å². The smallest absolute Gasteiger partial charge is 0.336 e. The number of nitrogens with zero attached hydrogens (tertiary/aromatic N) is 2. The maximum atomic E-state index is 13.7. The highest BCUT2D eigenvalue weighted by molar-refractivity contribution is 6.03. The first-order valence-corrected chi connectivity index (χ1v) is 23.0. The molecule has 0 unspecified atom stereocenters. The number of ether oxygens (including phenoxy) is 2. The monoisotopic (exact) mass is 854 g/mol. The molecule has 7 heteroatoms. The Balaban J connectivity index is 1.77. The second kappa shape index (κ2) is 12.8. The highest BCUT2D eigenvalue weighted by Crippen LogP contribution is 2.68. The lowest BCUT2D eigenvalue weighted by atomic mass is 9.50. The van der Waals surface area contributed by atoms with Crippen LogP contribution in [0.15, 0.2) is 29.3 Å². The van der Waals surface area contributed by atoms with E-state index in [4.69, 9.17) is 9.47 Å². The average Bonchev–Trinajstić information content (AvgIpc) is 3.15. The standard InChI is InChI=1S/C56H72N2O5/c1-28-32(5)51(11,12)57-44-37(28)30(3)39-41(36-25-34(26-62-27-59)23-24-35(36)48(60)61)40-31(4)38-29(2)33(6)52(13,14)58-45(38)43(50(9,10)54(17,18)56(58,21)22)47(40)63-46(39)42(44)49(7,8)53(15,16)55(57,19)20/h23-25,27H,26H2,1-22H3/p+1. The maximum absolute atomic E-state index is 13.7. The van der Waals surface area contributed by atoms with E-state index in [-0.39, 0.29) is 45.2 Å². The van der Waals surface area contributed by atoms with Crippen molar-refractivity contribution in [3.8, 4) is 11.5 Å². The van der Waals surface area contributed by atoms with Gasteiger partial charge < -0.3 is 19.5 Å². The van der Waals surface area contributed by atoms with Gasteiger partial charge in [0.05, 0.1) is 27.9 Å². The van der Waals surface area contributed by atoms with Crippen LogP contribution in [0.3, 0.4) is 0 Å². The molecule has 0 radical (unpaired) electrons. The van der Waals surface area contributed by atoms with Gasteiger partial charge in [-0.2, -0.15) is 0 Å². The lowest BCUT2D eigenvalue weighted by Crippen LogP contribution is -2.73. The molecule has 1 N–H and O–H groups in total. The highest BCUT2D eigenvalue weighted by atomic mass is 16.5. The largest absolute Gasteiger partial charge is 0.478 e. The molecule has 0 fully saturated rings. The molecule has 0 saturated carbocycles. The normalized spacial score (nSPS) is 23.0. The second-order valence-corrected chi connectivity index (χ2v) is 23.8. The first-order chi connectivity index (χ1) is 28.7. The van der Waals surface area contributed by atoms with Crippen molar-refractivity contribution in [3.05, 3.63) is 95.6 Å². The Labute approximate surface area is 377 Å². The zero-order valence-corrected chi connectivity index (χ0v) is 42.5. The minimum absolute atomic E-state index is 0.0194. The third-order valence-corrected chi connectivity index (χ3v) is 19.8. The van der Waals surface area contributed by atoms with Crippen LogP contribution >= 0.6 is 0 Å². The number of carboxylic acids is 1. The average molecular weight is 854 g/mol. The molecular formula is C56H73N2O5+. The molecule has 0 aromatic heterocycles. The number of carbonyl (C=O) groups is 2. The van der Waals surface area contributed by atoms with Gasteiger partial charge in [0.15, 0.2) is 11.1 Å². The summed E-state index contributed by atoms with van der Waals surface area (Å²) in [6.45, 7) is 52.3. The van der Waals surface area contributed by atoms with Gasteiger partial charge in [-0.1, -0.05) is 61.5 Å². The quantitative estimate of drug-likeness (QED) is 0.159. The van der Waals surface area contributed by atoms with Crippen molar-refractivity contribution in [3.63, 3.8) is 0 Å².